The van der Waals surface area contributed by atoms with Gasteiger partial charge in [-0.15, -0.1) is 0 Å². The van der Waals surface area contributed by atoms with Crippen molar-refractivity contribution in [2.24, 2.45) is 0 Å². The second-order valence-corrected chi connectivity index (χ2v) is 6.74. The third-order valence-electron chi connectivity index (χ3n) is 3.35. The van der Waals surface area contributed by atoms with Gasteiger partial charge in [0.05, 0.1) is 7.11 Å². The average Bonchev–Trinajstić information content (AvgIpc) is 2.45. The number of hydrogen-bond donors (Lipinski definition) is 0. The van der Waals surface area contributed by atoms with Gasteiger partial charge in [0.2, 0.25) is 0 Å². The van der Waals surface area contributed by atoms with E-state index in [1.165, 1.54) is 19.2 Å². The van der Waals surface area contributed by atoms with E-state index in [4.69, 9.17) is 4.18 Å². The van der Waals surface area contributed by atoms with E-state index in [0.29, 0.717) is 11.1 Å². The summed E-state index contributed by atoms with van der Waals surface area (Å²) in [4.78, 5) is 11.9. The molecule has 0 atom stereocenters. The number of esters is 1. The van der Waals surface area contributed by atoms with Crippen molar-refractivity contribution in [1.82, 2.24) is 0 Å². The van der Waals surface area contributed by atoms with Crippen LogP contribution in [0.3, 0.4) is 0 Å². The highest BCUT2D eigenvalue weighted by Gasteiger charge is 2.24. The summed E-state index contributed by atoms with van der Waals surface area (Å²) in [6, 6.07) is 9.61. The van der Waals surface area contributed by atoms with Crippen molar-refractivity contribution in [1.29, 1.82) is 0 Å². The Morgan fingerprint density at radius 2 is 1.57 bits per heavy atom. The van der Waals surface area contributed by atoms with Crippen LogP contribution in [0.2, 0.25) is 0 Å². The molecular weight excluding hydrogens is 316 g/mol. The summed E-state index contributed by atoms with van der Waals surface area (Å²) in [6.45, 7) is 5.31. The minimum absolute atomic E-state index is 0.0565. The van der Waals surface area contributed by atoms with Gasteiger partial charge < -0.3 is 8.92 Å². The molecule has 0 aliphatic heterocycles. The van der Waals surface area contributed by atoms with Gasteiger partial charge in [-0.1, -0.05) is 29.8 Å². The van der Waals surface area contributed by atoms with E-state index >= 15 is 0 Å². The zero-order chi connectivity index (χ0) is 17.2. The van der Waals surface area contributed by atoms with Crippen LogP contribution in [0.1, 0.15) is 27.0 Å². The average molecular weight is 334 g/mol. The maximum absolute atomic E-state index is 12.6. The number of carbonyl (C=O) groups excluding carboxylic acids is 1. The number of aryl methyl sites for hydroxylation is 3. The Hall–Kier alpha value is -2.34. The van der Waals surface area contributed by atoms with Gasteiger partial charge in [0.25, 0.3) is 0 Å². The first-order valence-electron chi connectivity index (χ1n) is 6.96. The van der Waals surface area contributed by atoms with Crippen LogP contribution in [-0.2, 0) is 14.9 Å². The SMILES string of the molecule is COC(=O)c1ccccc1OS(=O)(=O)c1c(C)cc(C)cc1C. The lowest BCUT2D eigenvalue weighted by Gasteiger charge is -2.14. The van der Waals surface area contributed by atoms with Gasteiger partial charge in [-0.2, -0.15) is 8.42 Å². The Labute approximate surface area is 136 Å². The molecule has 0 N–H and O–H groups in total. The molecule has 0 saturated carbocycles. The number of carbonyl (C=O) groups is 1. The van der Waals surface area contributed by atoms with Gasteiger partial charge in [0, 0.05) is 0 Å². The number of hydrogen-bond acceptors (Lipinski definition) is 5. The highest BCUT2D eigenvalue weighted by molar-refractivity contribution is 7.87. The lowest BCUT2D eigenvalue weighted by molar-refractivity contribution is 0.0599. The summed E-state index contributed by atoms with van der Waals surface area (Å²) in [5, 5.41) is 0. The largest absolute Gasteiger partial charge is 0.465 e. The van der Waals surface area contributed by atoms with Crippen molar-refractivity contribution in [3.8, 4) is 5.75 Å². The number of methoxy groups -OCH3 is 1. The standard InChI is InChI=1S/C17H18O5S/c1-11-9-12(2)16(13(3)10-11)23(19,20)22-15-8-6-5-7-14(15)17(18)21-4/h5-10H,1-4H3. The van der Waals surface area contributed by atoms with Crippen LogP contribution in [0.25, 0.3) is 0 Å². The van der Waals surface area contributed by atoms with Crippen LogP contribution < -0.4 is 4.18 Å². The summed E-state index contributed by atoms with van der Waals surface area (Å²) in [5.74, 6) is -0.716. The van der Waals surface area contributed by atoms with Crippen LogP contribution in [0, 0.1) is 20.8 Å². The Kier molecular flexibility index (Phi) is 4.75. The van der Waals surface area contributed by atoms with Crippen LogP contribution in [0.5, 0.6) is 5.75 Å². The maximum Gasteiger partial charge on any atom is 0.341 e. The molecule has 0 aromatic heterocycles. The number of para-hydroxylation sites is 1. The molecule has 122 valence electrons. The van der Waals surface area contributed by atoms with Crippen molar-refractivity contribution < 1.29 is 22.1 Å². The van der Waals surface area contributed by atoms with E-state index in [1.807, 2.05) is 6.92 Å². The maximum atomic E-state index is 12.6. The molecule has 0 aliphatic rings. The van der Waals surface area contributed by atoms with Crippen LogP contribution in [0.15, 0.2) is 41.3 Å². The van der Waals surface area contributed by atoms with Gasteiger partial charge in [0.1, 0.15) is 10.5 Å². The van der Waals surface area contributed by atoms with Crippen molar-refractivity contribution in [3.05, 3.63) is 58.7 Å². The Morgan fingerprint density at radius 3 is 2.13 bits per heavy atom. The Morgan fingerprint density at radius 1 is 1.00 bits per heavy atom. The van der Waals surface area contributed by atoms with Crippen molar-refractivity contribution >= 4 is 16.1 Å². The summed E-state index contributed by atoms with van der Waals surface area (Å²) in [6.07, 6.45) is 0. The van der Waals surface area contributed by atoms with E-state index in [-0.39, 0.29) is 16.2 Å². The molecule has 0 aliphatic carbocycles. The molecule has 0 amide bonds. The summed E-state index contributed by atoms with van der Waals surface area (Å²) < 4.78 is 35.1. The van der Waals surface area contributed by atoms with Gasteiger partial charge >= 0.3 is 16.1 Å². The van der Waals surface area contributed by atoms with E-state index in [0.717, 1.165) is 5.56 Å². The predicted molar refractivity (Wildman–Crippen MR) is 86.2 cm³/mol. The first-order valence-corrected chi connectivity index (χ1v) is 8.37. The monoisotopic (exact) mass is 334 g/mol. The third-order valence-corrected chi connectivity index (χ3v) is 4.89. The fourth-order valence-electron chi connectivity index (χ4n) is 2.54. The first kappa shape index (κ1) is 17.0. The molecule has 2 aromatic rings. The molecule has 0 bridgehead atoms. The van der Waals surface area contributed by atoms with E-state index in [2.05, 4.69) is 4.74 Å². The second-order valence-electron chi connectivity index (χ2n) is 5.25. The molecule has 0 unspecified atom stereocenters. The van der Waals surface area contributed by atoms with E-state index in [9.17, 15) is 13.2 Å². The molecular formula is C17H18O5S. The van der Waals surface area contributed by atoms with Gasteiger partial charge in [0.15, 0.2) is 5.75 Å². The predicted octanol–water partition coefficient (Wildman–Crippen LogP) is 3.17. The van der Waals surface area contributed by atoms with Gasteiger partial charge in [-0.25, -0.2) is 4.79 Å². The summed E-state index contributed by atoms with van der Waals surface area (Å²) >= 11 is 0. The molecule has 2 rings (SSSR count). The number of ether oxygens (including phenoxy) is 1. The van der Waals surface area contributed by atoms with Crippen LogP contribution in [0.4, 0.5) is 0 Å². The van der Waals surface area contributed by atoms with E-state index in [1.54, 1.807) is 38.1 Å². The number of benzene rings is 2. The molecule has 0 fully saturated rings. The molecule has 6 heteroatoms. The highest BCUT2D eigenvalue weighted by Crippen LogP contribution is 2.27. The molecule has 5 nitrogen and oxygen atoms in total. The Bertz CT molecular complexity index is 830. The molecule has 0 radical (unpaired) electrons. The minimum atomic E-state index is -4.06. The smallest absolute Gasteiger partial charge is 0.341 e. The third kappa shape index (κ3) is 3.53. The normalized spacial score (nSPS) is 11.1. The fraction of sp³-hybridized carbons (Fsp3) is 0.235. The van der Waals surface area contributed by atoms with Gasteiger partial charge in [-0.3, -0.25) is 0 Å². The quantitative estimate of drug-likeness (QED) is 0.634. The van der Waals surface area contributed by atoms with Crippen LogP contribution >= 0.6 is 0 Å². The minimum Gasteiger partial charge on any atom is -0.465 e. The highest BCUT2D eigenvalue weighted by atomic mass is 32.2. The molecule has 23 heavy (non-hydrogen) atoms. The van der Waals surface area contributed by atoms with Gasteiger partial charge in [-0.05, 0) is 44.0 Å². The zero-order valence-corrected chi connectivity index (χ0v) is 14.2. The summed E-state index contributed by atoms with van der Waals surface area (Å²) in [5.41, 5.74) is 2.21. The van der Waals surface area contributed by atoms with Crippen molar-refractivity contribution in [2.45, 2.75) is 25.7 Å². The van der Waals surface area contributed by atoms with Crippen LogP contribution in [-0.4, -0.2) is 21.5 Å². The molecule has 0 saturated heterocycles. The van der Waals surface area contributed by atoms with Crippen molar-refractivity contribution in [2.75, 3.05) is 7.11 Å². The zero-order valence-electron chi connectivity index (χ0n) is 13.4. The molecule has 0 spiro atoms. The first-order chi connectivity index (χ1) is 10.8. The lowest BCUT2D eigenvalue weighted by Crippen LogP contribution is -2.15. The fourth-order valence-corrected chi connectivity index (χ4v) is 3.91. The molecule has 2 aromatic carbocycles. The number of rotatable bonds is 4. The summed E-state index contributed by atoms with van der Waals surface area (Å²) in [7, 11) is -2.84. The molecule has 0 heterocycles. The second kappa shape index (κ2) is 6.42. The Balaban J connectivity index is 2.51. The van der Waals surface area contributed by atoms with E-state index < -0.39 is 16.1 Å². The lowest BCUT2D eigenvalue weighted by atomic mass is 10.1. The topological polar surface area (TPSA) is 69.7 Å². The van der Waals surface area contributed by atoms with Crippen molar-refractivity contribution in [3.63, 3.8) is 0 Å².